The van der Waals surface area contributed by atoms with E-state index in [1.807, 2.05) is 37.3 Å². The summed E-state index contributed by atoms with van der Waals surface area (Å²) in [4.78, 5) is 11.6. The summed E-state index contributed by atoms with van der Waals surface area (Å²) in [6.45, 7) is 6.19. The molecule has 0 heterocycles. The maximum Gasteiger partial charge on any atom is 0.220 e. The summed E-state index contributed by atoms with van der Waals surface area (Å²) in [5.41, 5.74) is 1.09. The van der Waals surface area contributed by atoms with Gasteiger partial charge in [-0.1, -0.05) is 44.2 Å². The molecule has 1 amide bonds. The summed E-state index contributed by atoms with van der Waals surface area (Å²) in [5, 5.41) is 3.00. The minimum Gasteiger partial charge on any atom is -0.350 e. The lowest BCUT2D eigenvalue weighted by Gasteiger charge is -2.21. The summed E-state index contributed by atoms with van der Waals surface area (Å²) >= 11 is 11.9. The molecule has 4 heteroatoms. The van der Waals surface area contributed by atoms with Crippen LogP contribution < -0.4 is 5.32 Å². The van der Waals surface area contributed by atoms with Crippen molar-refractivity contribution in [3.8, 4) is 0 Å². The zero-order valence-corrected chi connectivity index (χ0v) is 13.8. The lowest BCUT2D eigenvalue weighted by molar-refractivity contribution is -0.122. The van der Waals surface area contributed by atoms with Gasteiger partial charge in [0.2, 0.25) is 5.91 Å². The molecule has 112 valence electrons. The van der Waals surface area contributed by atoms with Gasteiger partial charge in [0, 0.05) is 6.42 Å². The molecule has 0 radical (unpaired) electrons. The van der Waals surface area contributed by atoms with E-state index in [0.29, 0.717) is 12.3 Å². The molecule has 1 rings (SSSR count). The van der Waals surface area contributed by atoms with Gasteiger partial charge in [-0.15, -0.1) is 23.2 Å². The molecule has 0 spiro atoms. The highest BCUT2D eigenvalue weighted by Crippen LogP contribution is 2.26. The minimum absolute atomic E-state index is 0.00121. The van der Waals surface area contributed by atoms with E-state index in [1.165, 1.54) is 0 Å². The molecule has 1 aromatic rings. The minimum atomic E-state index is -0.504. The molecule has 1 aromatic carbocycles. The fraction of sp³-hybridized carbons (Fsp3) is 0.562. The average Bonchev–Trinajstić information content (AvgIpc) is 2.38. The highest BCUT2D eigenvalue weighted by Gasteiger charge is 2.22. The van der Waals surface area contributed by atoms with Crippen molar-refractivity contribution < 1.29 is 4.79 Å². The standard InChI is InChI=1S/C16H23Cl2NO/c1-11(2)9-14(16(17)18)10-15(20)19-12(3)13-7-5-4-6-8-13/h4-8,11-12,14,16H,9-10H2,1-3H3,(H,19,20)/t12-,14?/m0/s1. The van der Waals surface area contributed by atoms with E-state index >= 15 is 0 Å². The smallest absolute Gasteiger partial charge is 0.220 e. The number of benzene rings is 1. The number of carbonyl (C=O) groups excluding carboxylic acids is 1. The van der Waals surface area contributed by atoms with Gasteiger partial charge in [-0.25, -0.2) is 0 Å². The van der Waals surface area contributed by atoms with Crippen molar-refractivity contribution in [1.82, 2.24) is 5.32 Å². The Kier molecular flexibility index (Phi) is 7.39. The second-order valence-electron chi connectivity index (χ2n) is 5.63. The first-order chi connectivity index (χ1) is 9.40. The number of nitrogens with one attached hydrogen (secondary N) is 1. The monoisotopic (exact) mass is 315 g/mol. The number of rotatable bonds is 7. The van der Waals surface area contributed by atoms with Crippen molar-refractivity contribution >= 4 is 29.1 Å². The summed E-state index contributed by atoms with van der Waals surface area (Å²) in [5.74, 6) is 0.471. The maximum atomic E-state index is 12.1. The van der Waals surface area contributed by atoms with E-state index in [-0.39, 0.29) is 17.9 Å². The lowest BCUT2D eigenvalue weighted by Crippen LogP contribution is -2.30. The van der Waals surface area contributed by atoms with Crippen LogP contribution in [-0.2, 0) is 4.79 Å². The molecule has 1 N–H and O–H groups in total. The second kappa shape index (κ2) is 8.53. The van der Waals surface area contributed by atoms with Gasteiger partial charge in [0.05, 0.1) is 6.04 Å². The lowest BCUT2D eigenvalue weighted by atomic mass is 9.95. The van der Waals surface area contributed by atoms with E-state index < -0.39 is 4.84 Å². The third-order valence-corrected chi connectivity index (χ3v) is 3.97. The van der Waals surface area contributed by atoms with Crippen LogP contribution in [0.1, 0.15) is 45.2 Å². The molecule has 2 nitrogen and oxygen atoms in total. The third kappa shape index (κ3) is 6.15. The fourth-order valence-electron chi connectivity index (χ4n) is 2.24. The topological polar surface area (TPSA) is 29.1 Å². The Morgan fingerprint density at radius 3 is 2.25 bits per heavy atom. The number of hydrogen-bond donors (Lipinski definition) is 1. The number of amides is 1. The highest BCUT2D eigenvalue weighted by atomic mass is 35.5. The maximum absolute atomic E-state index is 12.1. The van der Waals surface area contributed by atoms with Crippen LogP contribution in [0.3, 0.4) is 0 Å². The number of hydrogen-bond acceptors (Lipinski definition) is 1. The zero-order valence-electron chi connectivity index (χ0n) is 12.3. The van der Waals surface area contributed by atoms with Gasteiger partial charge < -0.3 is 5.32 Å². The van der Waals surface area contributed by atoms with E-state index in [1.54, 1.807) is 0 Å². The van der Waals surface area contributed by atoms with Crippen LogP contribution in [0.15, 0.2) is 30.3 Å². The van der Waals surface area contributed by atoms with Gasteiger partial charge in [0.25, 0.3) is 0 Å². The largest absolute Gasteiger partial charge is 0.350 e. The zero-order chi connectivity index (χ0) is 15.1. The van der Waals surface area contributed by atoms with Crippen molar-refractivity contribution in [3.05, 3.63) is 35.9 Å². The number of halogens is 2. The fourth-order valence-corrected chi connectivity index (χ4v) is 2.63. The molecule has 0 bridgehead atoms. The molecule has 0 aliphatic carbocycles. The van der Waals surface area contributed by atoms with E-state index in [0.717, 1.165) is 12.0 Å². The number of alkyl halides is 2. The Bertz CT molecular complexity index is 406. The molecule has 0 aliphatic rings. The SMILES string of the molecule is CC(C)CC(CC(=O)N[C@@H](C)c1ccccc1)C(Cl)Cl. The normalized spacial score (nSPS) is 14.3. The predicted molar refractivity (Wildman–Crippen MR) is 86.1 cm³/mol. The molecule has 2 atom stereocenters. The summed E-state index contributed by atoms with van der Waals surface area (Å²) in [7, 11) is 0. The predicted octanol–water partition coefficient (Wildman–Crippen LogP) is 4.72. The van der Waals surface area contributed by atoms with Crippen molar-refractivity contribution in [2.45, 2.75) is 44.5 Å². The van der Waals surface area contributed by atoms with Gasteiger partial charge in [0.1, 0.15) is 4.84 Å². The molecule has 0 aliphatic heterocycles. The summed E-state index contributed by atoms with van der Waals surface area (Å²) in [6.07, 6.45) is 1.22. The average molecular weight is 316 g/mol. The first-order valence-electron chi connectivity index (χ1n) is 7.02. The van der Waals surface area contributed by atoms with Crippen LogP contribution in [0.5, 0.6) is 0 Å². The summed E-state index contributed by atoms with van der Waals surface area (Å²) in [6, 6.07) is 9.89. The molecule has 0 saturated heterocycles. The van der Waals surface area contributed by atoms with Gasteiger partial charge in [-0.05, 0) is 30.7 Å². The third-order valence-electron chi connectivity index (χ3n) is 3.26. The molecule has 0 saturated carbocycles. The Morgan fingerprint density at radius 2 is 1.75 bits per heavy atom. The van der Waals surface area contributed by atoms with Gasteiger partial charge in [-0.3, -0.25) is 4.79 Å². The Labute approximate surface area is 131 Å². The van der Waals surface area contributed by atoms with Crippen LogP contribution in [0.25, 0.3) is 0 Å². The van der Waals surface area contributed by atoms with Crippen LogP contribution in [0, 0.1) is 11.8 Å². The molecule has 20 heavy (non-hydrogen) atoms. The van der Waals surface area contributed by atoms with Gasteiger partial charge >= 0.3 is 0 Å². The Balaban J connectivity index is 2.53. The van der Waals surface area contributed by atoms with E-state index in [4.69, 9.17) is 23.2 Å². The van der Waals surface area contributed by atoms with Crippen molar-refractivity contribution in [2.75, 3.05) is 0 Å². The van der Waals surface area contributed by atoms with Crippen LogP contribution in [-0.4, -0.2) is 10.7 Å². The van der Waals surface area contributed by atoms with Crippen molar-refractivity contribution in [1.29, 1.82) is 0 Å². The van der Waals surface area contributed by atoms with Crippen LogP contribution >= 0.6 is 23.2 Å². The highest BCUT2D eigenvalue weighted by molar-refractivity contribution is 6.44. The van der Waals surface area contributed by atoms with Crippen molar-refractivity contribution in [2.24, 2.45) is 11.8 Å². The van der Waals surface area contributed by atoms with Gasteiger partial charge in [-0.2, -0.15) is 0 Å². The number of carbonyl (C=O) groups is 1. The van der Waals surface area contributed by atoms with E-state index in [9.17, 15) is 4.79 Å². The quantitative estimate of drug-likeness (QED) is 0.725. The Hall–Kier alpha value is -0.730. The van der Waals surface area contributed by atoms with Crippen LogP contribution in [0.4, 0.5) is 0 Å². The second-order valence-corrected chi connectivity index (χ2v) is 6.79. The van der Waals surface area contributed by atoms with Gasteiger partial charge in [0.15, 0.2) is 0 Å². The van der Waals surface area contributed by atoms with Crippen molar-refractivity contribution in [3.63, 3.8) is 0 Å². The molecular weight excluding hydrogens is 293 g/mol. The summed E-state index contributed by atoms with van der Waals surface area (Å²) < 4.78 is 0. The van der Waals surface area contributed by atoms with Crippen LogP contribution in [0.2, 0.25) is 0 Å². The molecule has 1 unspecified atom stereocenters. The molecule has 0 fully saturated rings. The first kappa shape index (κ1) is 17.3. The van der Waals surface area contributed by atoms with E-state index in [2.05, 4.69) is 19.2 Å². The first-order valence-corrected chi connectivity index (χ1v) is 7.90. The molecular formula is C16H23Cl2NO. The molecule has 0 aromatic heterocycles. The Morgan fingerprint density at radius 1 is 1.15 bits per heavy atom.